The first kappa shape index (κ1) is 24.5. The number of methoxy groups -OCH3 is 2. The van der Waals surface area contributed by atoms with Gasteiger partial charge < -0.3 is 24.0 Å². The Morgan fingerprint density at radius 2 is 1.73 bits per heavy atom. The van der Waals surface area contributed by atoms with E-state index in [4.69, 9.17) is 14.2 Å². The van der Waals surface area contributed by atoms with E-state index in [1.54, 1.807) is 28.0 Å². The van der Waals surface area contributed by atoms with Crippen LogP contribution in [0.5, 0.6) is 11.5 Å². The molecule has 0 spiro atoms. The molecule has 7 nitrogen and oxygen atoms in total. The summed E-state index contributed by atoms with van der Waals surface area (Å²) in [5.74, 6) is 0.584. The number of carbonyl (C=O) groups excluding carboxylic acids is 2. The summed E-state index contributed by atoms with van der Waals surface area (Å²) in [7, 11) is 3.07. The number of morpholine rings is 1. The predicted octanol–water partition coefficient (Wildman–Crippen LogP) is 3.48. The lowest BCUT2D eigenvalue weighted by atomic mass is 10.1. The van der Waals surface area contributed by atoms with Crippen LogP contribution in [0.1, 0.15) is 34.6 Å². The van der Waals surface area contributed by atoms with E-state index in [1.807, 2.05) is 13.8 Å². The van der Waals surface area contributed by atoms with Gasteiger partial charge in [0.15, 0.2) is 0 Å². The lowest BCUT2D eigenvalue weighted by Crippen LogP contribution is -2.51. The first-order chi connectivity index (χ1) is 15.8. The Morgan fingerprint density at radius 1 is 1.09 bits per heavy atom. The molecule has 1 unspecified atom stereocenters. The second-order valence-electron chi connectivity index (χ2n) is 8.46. The van der Waals surface area contributed by atoms with Crippen LogP contribution in [0.15, 0.2) is 42.5 Å². The number of carbonyl (C=O) groups is 2. The van der Waals surface area contributed by atoms with E-state index in [1.165, 1.54) is 38.5 Å². The van der Waals surface area contributed by atoms with Crippen molar-refractivity contribution < 1.29 is 28.2 Å². The Morgan fingerprint density at radius 3 is 2.30 bits per heavy atom. The molecule has 3 rings (SSSR count). The van der Waals surface area contributed by atoms with Gasteiger partial charge in [-0.15, -0.1) is 0 Å². The number of hydrogen-bond acceptors (Lipinski definition) is 5. The van der Waals surface area contributed by atoms with Crippen molar-refractivity contribution in [1.29, 1.82) is 0 Å². The monoisotopic (exact) mass is 458 g/mol. The quantitative estimate of drug-likeness (QED) is 0.606. The Balaban J connectivity index is 1.73. The molecule has 178 valence electrons. The van der Waals surface area contributed by atoms with Crippen LogP contribution in [-0.4, -0.2) is 74.7 Å². The zero-order valence-electron chi connectivity index (χ0n) is 19.5. The lowest BCUT2D eigenvalue weighted by molar-refractivity contribution is -0.0340. The summed E-state index contributed by atoms with van der Waals surface area (Å²) in [5.41, 5.74) is 0.887. The van der Waals surface area contributed by atoms with E-state index in [2.05, 4.69) is 0 Å². The smallest absolute Gasteiger partial charge is 0.254 e. The van der Waals surface area contributed by atoms with Gasteiger partial charge in [-0.1, -0.05) is 13.8 Å². The van der Waals surface area contributed by atoms with Gasteiger partial charge in [0, 0.05) is 43.4 Å². The molecular weight excluding hydrogens is 427 g/mol. The van der Waals surface area contributed by atoms with Crippen LogP contribution in [0, 0.1) is 11.7 Å². The van der Waals surface area contributed by atoms with E-state index >= 15 is 0 Å². The standard InChI is InChI=1S/C25H31FN2O5/c1-17(2)14-28(24(29)18-5-7-20(26)8-6-18)16-23-15-27(9-10-33-23)25(30)19-11-21(31-3)13-22(12-19)32-4/h5-8,11-13,17,23H,9-10,14-16H2,1-4H3. The highest BCUT2D eigenvalue weighted by Crippen LogP contribution is 2.24. The third-order valence-electron chi connectivity index (χ3n) is 5.41. The number of hydrogen-bond donors (Lipinski definition) is 0. The van der Waals surface area contributed by atoms with Gasteiger partial charge in [-0.25, -0.2) is 4.39 Å². The molecule has 0 N–H and O–H groups in total. The Labute approximate surface area is 194 Å². The molecule has 2 aromatic carbocycles. The normalized spacial score (nSPS) is 15.9. The zero-order chi connectivity index (χ0) is 24.0. The third-order valence-corrected chi connectivity index (χ3v) is 5.41. The molecule has 0 aliphatic carbocycles. The van der Waals surface area contributed by atoms with Crippen LogP contribution in [0.2, 0.25) is 0 Å². The van der Waals surface area contributed by atoms with E-state index in [-0.39, 0.29) is 29.7 Å². The molecule has 2 amide bonds. The summed E-state index contributed by atoms with van der Waals surface area (Å²) in [4.78, 5) is 29.7. The van der Waals surface area contributed by atoms with Crippen LogP contribution >= 0.6 is 0 Å². The van der Waals surface area contributed by atoms with Gasteiger partial charge in [-0.2, -0.15) is 0 Å². The van der Waals surface area contributed by atoms with Crippen molar-refractivity contribution >= 4 is 11.8 Å². The second-order valence-corrected chi connectivity index (χ2v) is 8.46. The molecule has 0 radical (unpaired) electrons. The van der Waals surface area contributed by atoms with Crippen LogP contribution in [0.4, 0.5) is 4.39 Å². The second kappa shape index (κ2) is 11.1. The maximum Gasteiger partial charge on any atom is 0.254 e. The van der Waals surface area contributed by atoms with Crippen molar-refractivity contribution in [3.8, 4) is 11.5 Å². The fourth-order valence-electron chi connectivity index (χ4n) is 3.83. The number of benzene rings is 2. The molecule has 0 saturated carbocycles. The molecular formula is C25H31FN2O5. The van der Waals surface area contributed by atoms with Crippen molar-refractivity contribution in [2.24, 2.45) is 5.92 Å². The van der Waals surface area contributed by atoms with Gasteiger partial charge in [-0.05, 0) is 42.3 Å². The number of halogens is 1. The maximum atomic E-state index is 13.3. The van der Waals surface area contributed by atoms with Gasteiger partial charge in [0.05, 0.1) is 26.9 Å². The first-order valence-electron chi connectivity index (χ1n) is 11.0. The van der Waals surface area contributed by atoms with Gasteiger partial charge >= 0.3 is 0 Å². The average molecular weight is 459 g/mol. The number of ether oxygens (including phenoxy) is 3. The highest BCUT2D eigenvalue weighted by atomic mass is 19.1. The predicted molar refractivity (Wildman–Crippen MR) is 122 cm³/mol. The van der Waals surface area contributed by atoms with Gasteiger partial charge in [0.2, 0.25) is 0 Å². The zero-order valence-corrected chi connectivity index (χ0v) is 19.5. The molecule has 1 aliphatic heterocycles. The minimum Gasteiger partial charge on any atom is -0.497 e. The highest BCUT2D eigenvalue weighted by Gasteiger charge is 2.29. The van der Waals surface area contributed by atoms with Crippen LogP contribution < -0.4 is 9.47 Å². The Kier molecular flexibility index (Phi) is 8.27. The molecule has 1 aliphatic rings. The maximum absolute atomic E-state index is 13.3. The molecule has 1 atom stereocenters. The molecule has 2 aromatic rings. The van der Waals surface area contributed by atoms with Crippen molar-refractivity contribution in [3.63, 3.8) is 0 Å². The summed E-state index contributed by atoms with van der Waals surface area (Å²) < 4.78 is 29.8. The van der Waals surface area contributed by atoms with Gasteiger partial charge in [-0.3, -0.25) is 9.59 Å². The van der Waals surface area contributed by atoms with Crippen molar-refractivity contribution in [3.05, 3.63) is 59.4 Å². The lowest BCUT2D eigenvalue weighted by Gasteiger charge is -2.36. The molecule has 1 heterocycles. The summed E-state index contributed by atoms with van der Waals surface area (Å²) in [5, 5.41) is 0. The van der Waals surface area contributed by atoms with Crippen molar-refractivity contribution in [2.75, 3.05) is 47.0 Å². The number of rotatable bonds is 8. The fourth-order valence-corrected chi connectivity index (χ4v) is 3.83. The molecule has 1 fully saturated rings. The van der Waals surface area contributed by atoms with E-state index in [9.17, 15) is 14.0 Å². The number of amides is 2. The Bertz CT molecular complexity index is 942. The fraction of sp³-hybridized carbons (Fsp3) is 0.440. The molecule has 0 bridgehead atoms. The average Bonchev–Trinajstić information content (AvgIpc) is 2.82. The highest BCUT2D eigenvalue weighted by molar-refractivity contribution is 5.95. The third kappa shape index (κ3) is 6.44. The Hall–Kier alpha value is -3.13. The summed E-state index contributed by atoms with van der Waals surface area (Å²) >= 11 is 0. The van der Waals surface area contributed by atoms with Gasteiger partial charge in [0.1, 0.15) is 17.3 Å². The topological polar surface area (TPSA) is 68.3 Å². The van der Waals surface area contributed by atoms with E-state index in [0.717, 1.165) is 0 Å². The minimum absolute atomic E-state index is 0.152. The van der Waals surface area contributed by atoms with Crippen molar-refractivity contribution in [1.82, 2.24) is 9.80 Å². The SMILES string of the molecule is COc1cc(OC)cc(C(=O)N2CCOC(CN(CC(C)C)C(=O)c3ccc(F)cc3)C2)c1. The number of nitrogens with zero attached hydrogens (tertiary/aromatic N) is 2. The molecule has 1 saturated heterocycles. The van der Waals surface area contributed by atoms with E-state index in [0.29, 0.717) is 55.4 Å². The summed E-state index contributed by atoms with van der Waals surface area (Å²) in [6, 6.07) is 10.6. The van der Waals surface area contributed by atoms with Crippen molar-refractivity contribution in [2.45, 2.75) is 20.0 Å². The minimum atomic E-state index is -0.388. The summed E-state index contributed by atoms with van der Waals surface area (Å²) in [6.45, 7) is 6.08. The van der Waals surface area contributed by atoms with Gasteiger partial charge in [0.25, 0.3) is 11.8 Å². The first-order valence-corrected chi connectivity index (χ1v) is 11.0. The van der Waals surface area contributed by atoms with Crippen LogP contribution in [0.3, 0.4) is 0 Å². The molecule has 0 aromatic heterocycles. The largest absolute Gasteiger partial charge is 0.497 e. The molecule has 33 heavy (non-hydrogen) atoms. The molecule has 8 heteroatoms. The summed E-state index contributed by atoms with van der Waals surface area (Å²) in [6.07, 6.45) is -0.335. The van der Waals surface area contributed by atoms with Crippen LogP contribution in [-0.2, 0) is 4.74 Å². The van der Waals surface area contributed by atoms with E-state index < -0.39 is 0 Å². The van der Waals surface area contributed by atoms with Crippen LogP contribution in [0.25, 0.3) is 0 Å².